The van der Waals surface area contributed by atoms with E-state index in [4.69, 9.17) is 4.74 Å². The number of esters is 1. The molecule has 20 heavy (non-hydrogen) atoms. The third kappa shape index (κ3) is 3.07. The number of hydrogen-bond acceptors (Lipinski definition) is 4. The quantitative estimate of drug-likeness (QED) is 0.610. The van der Waals surface area contributed by atoms with E-state index in [-0.39, 0.29) is 11.9 Å². The maximum absolute atomic E-state index is 12.2. The van der Waals surface area contributed by atoms with Gasteiger partial charge in [-0.25, -0.2) is 4.79 Å². The van der Waals surface area contributed by atoms with Crippen LogP contribution >= 0.6 is 0 Å². The van der Waals surface area contributed by atoms with Crippen molar-refractivity contribution in [3.05, 3.63) is 24.0 Å². The Labute approximate surface area is 118 Å². The largest absolute Gasteiger partial charge is 0.467 e. The number of rotatable bonds is 3. The minimum absolute atomic E-state index is 0.165. The van der Waals surface area contributed by atoms with Crippen molar-refractivity contribution in [3.63, 3.8) is 0 Å². The predicted octanol–water partition coefficient (Wildman–Crippen LogP) is 0.987. The van der Waals surface area contributed by atoms with Gasteiger partial charge in [-0.1, -0.05) is 0 Å². The number of nitrogens with zero attached hydrogens (tertiary/aromatic N) is 3. The van der Waals surface area contributed by atoms with Crippen LogP contribution in [0.3, 0.4) is 0 Å². The molecule has 0 saturated carbocycles. The van der Waals surface area contributed by atoms with Gasteiger partial charge in [0.1, 0.15) is 6.04 Å². The Hall–Kier alpha value is -2.11. The van der Waals surface area contributed by atoms with Crippen molar-refractivity contribution < 1.29 is 14.3 Å². The molecule has 6 nitrogen and oxygen atoms in total. The van der Waals surface area contributed by atoms with Crippen LogP contribution in [-0.2, 0) is 21.4 Å². The van der Waals surface area contributed by atoms with E-state index in [0.717, 1.165) is 18.5 Å². The fourth-order valence-corrected chi connectivity index (χ4v) is 2.38. The summed E-state index contributed by atoms with van der Waals surface area (Å²) >= 11 is 0. The van der Waals surface area contributed by atoms with E-state index in [1.807, 2.05) is 13.1 Å². The first-order valence-corrected chi connectivity index (χ1v) is 6.68. The minimum Gasteiger partial charge on any atom is -0.467 e. The molecule has 1 fully saturated rings. The fourth-order valence-electron chi connectivity index (χ4n) is 2.38. The van der Waals surface area contributed by atoms with Crippen LogP contribution in [0.1, 0.15) is 25.0 Å². The molecule has 0 aromatic carbocycles. The first-order valence-electron chi connectivity index (χ1n) is 6.68. The van der Waals surface area contributed by atoms with Crippen molar-refractivity contribution >= 4 is 18.0 Å². The topological polar surface area (TPSA) is 64.4 Å². The Morgan fingerprint density at radius 1 is 1.45 bits per heavy atom. The molecule has 1 aliphatic heterocycles. The fraction of sp³-hybridized carbons (Fsp3) is 0.500. The number of carbonyl (C=O) groups excluding carboxylic acids is 2. The molecule has 2 rings (SSSR count). The summed E-state index contributed by atoms with van der Waals surface area (Å²) in [6, 6.07) is 1.36. The van der Waals surface area contributed by atoms with E-state index in [1.54, 1.807) is 21.9 Å². The average molecular weight is 277 g/mol. The molecule has 6 heteroatoms. The highest BCUT2D eigenvalue weighted by atomic mass is 16.5. The number of methoxy groups -OCH3 is 1. The highest BCUT2D eigenvalue weighted by Crippen LogP contribution is 2.18. The van der Waals surface area contributed by atoms with Gasteiger partial charge in [0.15, 0.2) is 0 Å². The van der Waals surface area contributed by atoms with Crippen LogP contribution in [0.25, 0.3) is 6.08 Å². The first kappa shape index (κ1) is 14.3. The molecule has 0 radical (unpaired) electrons. The average Bonchev–Trinajstić information content (AvgIpc) is 2.89. The van der Waals surface area contributed by atoms with E-state index < -0.39 is 6.04 Å². The lowest BCUT2D eigenvalue weighted by atomic mass is 10.0. The van der Waals surface area contributed by atoms with Crippen LogP contribution in [0.4, 0.5) is 0 Å². The molecule has 1 aromatic heterocycles. The van der Waals surface area contributed by atoms with Crippen LogP contribution in [0.2, 0.25) is 0 Å². The van der Waals surface area contributed by atoms with Crippen LogP contribution in [0.15, 0.2) is 18.3 Å². The summed E-state index contributed by atoms with van der Waals surface area (Å²) in [4.78, 5) is 25.5. The summed E-state index contributed by atoms with van der Waals surface area (Å²) in [7, 11) is 3.16. The molecule has 0 aliphatic carbocycles. The molecule has 0 N–H and O–H groups in total. The van der Waals surface area contributed by atoms with Gasteiger partial charge in [0.05, 0.1) is 12.8 Å². The van der Waals surface area contributed by atoms with Gasteiger partial charge in [-0.15, -0.1) is 0 Å². The maximum Gasteiger partial charge on any atom is 0.328 e. The van der Waals surface area contributed by atoms with Crippen LogP contribution in [0, 0.1) is 0 Å². The summed E-state index contributed by atoms with van der Waals surface area (Å²) in [5.41, 5.74) is 0.838. The number of hydrogen-bond donors (Lipinski definition) is 0. The summed E-state index contributed by atoms with van der Waals surface area (Å²) in [5.74, 6) is -0.506. The van der Waals surface area contributed by atoms with Crippen molar-refractivity contribution in [2.45, 2.75) is 25.3 Å². The van der Waals surface area contributed by atoms with Crippen LogP contribution in [0.5, 0.6) is 0 Å². The second kappa shape index (κ2) is 6.36. The smallest absolute Gasteiger partial charge is 0.328 e. The van der Waals surface area contributed by atoms with Gasteiger partial charge in [0, 0.05) is 25.9 Å². The number of likely N-dealkylation sites (tertiary alicyclic amines) is 1. The lowest BCUT2D eigenvalue weighted by Gasteiger charge is -2.32. The number of aryl methyl sites for hydroxylation is 1. The molecule has 1 saturated heterocycles. The molecular formula is C14H19N3O3. The van der Waals surface area contributed by atoms with Gasteiger partial charge in [-0.3, -0.25) is 9.48 Å². The van der Waals surface area contributed by atoms with E-state index in [2.05, 4.69) is 5.10 Å². The van der Waals surface area contributed by atoms with Gasteiger partial charge in [-0.05, 0) is 31.4 Å². The van der Waals surface area contributed by atoms with Crippen LogP contribution in [-0.4, -0.2) is 46.3 Å². The molecular weight excluding hydrogens is 258 g/mol. The van der Waals surface area contributed by atoms with Gasteiger partial charge >= 0.3 is 5.97 Å². The lowest BCUT2D eigenvalue weighted by molar-refractivity contribution is -0.153. The lowest BCUT2D eigenvalue weighted by Crippen LogP contribution is -2.47. The summed E-state index contributed by atoms with van der Waals surface area (Å²) < 4.78 is 6.45. The highest BCUT2D eigenvalue weighted by molar-refractivity contribution is 5.94. The monoisotopic (exact) mass is 277 g/mol. The molecule has 1 aliphatic rings. The van der Waals surface area contributed by atoms with Gasteiger partial charge in [-0.2, -0.15) is 5.10 Å². The van der Waals surface area contributed by atoms with Gasteiger partial charge < -0.3 is 9.64 Å². The number of piperidine rings is 1. The number of ether oxygens (including phenoxy) is 1. The standard InChI is InChI=1S/C14H19N3O3/c1-16-11(8-9-15-16)6-7-13(18)17-10-4-3-5-12(17)14(19)20-2/h6-9,12H,3-5,10H2,1-2H3. The number of amides is 1. The van der Waals surface area contributed by atoms with E-state index in [1.165, 1.54) is 13.2 Å². The molecule has 0 bridgehead atoms. The number of carbonyl (C=O) groups is 2. The molecule has 0 spiro atoms. The third-order valence-electron chi connectivity index (χ3n) is 3.51. The number of aromatic nitrogens is 2. The Kier molecular flexibility index (Phi) is 4.55. The summed E-state index contributed by atoms with van der Waals surface area (Å²) in [6.07, 6.45) is 7.38. The highest BCUT2D eigenvalue weighted by Gasteiger charge is 2.31. The predicted molar refractivity (Wildman–Crippen MR) is 73.6 cm³/mol. The molecule has 2 heterocycles. The second-order valence-corrected chi connectivity index (χ2v) is 4.78. The normalized spacial score (nSPS) is 19.3. The molecule has 1 unspecified atom stereocenters. The minimum atomic E-state index is -0.461. The van der Waals surface area contributed by atoms with Gasteiger partial charge in [0.2, 0.25) is 5.91 Å². The Morgan fingerprint density at radius 3 is 2.90 bits per heavy atom. The Bertz CT molecular complexity index is 521. The van der Waals surface area contributed by atoms with Crippen molar-refractivity contribution in [3.8, 4) is 0 Å². The molecule has 1 atom stereocenters. The van der Waals surface area contributed by atoms with Crippen molar-refractivity contribution in [1.82, 2.24) is 14.7 Å². The second-order valence-electron chi connectivity index (χ2n) is 4.78. The third-order valence-corrected chi connectivity index (χ3v) is 3.51. The zero-order valence-corrected chi connectivity index (χ0v) is 11.8. The van der Waals surface area contributed by atoms with E-state index >= 15 is 0 Å². The first-order chi connectivity index (χ1) is 9.63. The maximum atomic E-state index is 12.2. The Morgan fingerprint density at radius 2 is 2.25 bits per heavy atom. The zero-order valence-electron chi connectivity index (χ0n) is 11.8. The van der Waals surface area contributed by atoms with Gasteiger partial charge in [0.25, 0.3) is 0 Å². The molecule has 108 valence electrons. The zero-order chi connectivity index (χ0) is 14.5. The summed E-state index contributed by atoms with van der Waals surface area (Å²) in [6.45, 7) is 0.592. The Balaban J connectivity index is 2.08. The molecule has 1 aromatic rings. The SMILES string of the molecule is COC(=O)C1CCCCN1C(=O)C=Cc1ccnn1C. The van der Waals surface area contributed by atoms with Crippen molar-refractivity contribution in [2.24, 2.45) is 7.05 Å². The van der Waals surface area contributed by atoms with Crippen molar-refractivity contribution in [1.29, 1.82) is 0 Å². The van der Waals surface area contributed by atoms with E-state index in [0.29, 0.717) is 13.0 Å². The van der Waals surface area contributed by atoms with E-state index in [9.17, 15) is 9.59 Å². The molecule has 1 amide bonds. The van der Waals surface area contributed by atoms with Crippen LogP contribution < -0.4 is 0 Å². The summed E-state index contributed by atoms with van der Waals surface area (Å²) in [5, 5.41) is 4.03. The van der Waals surface area contributed by atoms with Crippen molar-refractivity contribution in [2.75, 3.05) is 13.7 Å².